The SMILES string of the molecule is CCCOc1ccc(Cl)cc1NCc1cc(F)ccc1C. The molecule has 4 heteroatoms. The Morgan fingerprint density at radius 2 is 2.00 bits per heavy atom. The molecule has 112 valence electrons. The lowest BCUT2D eigenvalue weighted by Gasteiger charge is -2.14. The van der Waals surface area contributed by atoms with E-state index in [-0.39, 0.29) is 5.82 Å². The van der Waals surface area contributed by atoms with Crippen molar-refractivity contribution in [1.82, 2.24) is 0 Å². The van der Waals surface area contributed by atoms with Crippen molar-refractivity contribution in [3.63, 3.8) is 0 Å². The quantitative estimate of drug-likeness (QED) is 0.793. The third kappa shape index (κ3) is 4.36. The zero-order chi connectivity index (χ0) is 15.2. The molecule has 0 saturated heterocycles. The highest BCUT2D eigenvalue weighted by Gasteiger charge is 2.06. The van der Waals surface area contributed by atoms with Crippen molar-refractivity contribution < 1.29 is 9.13 Å². The first kappa shape index (κ1) is 15.6. The molecule has 0 bridgehead atoms. The smallest absolute Gasteiger partial charge is 0.142 e. The molecule has 0 aliphatic carbocycles. The number of benzene rings is 2. The molecule has 1 N–H and O–H groups in total. The Bertz CT molecular complexity index is 616. The van der Waals surface area contributed by atoms with Gasteiger partial charge in [0, 0.05) is 11.6 Å². The van der Waals surface area contributed by atoms with Gasteiger partial charge in [0.15, 0.2) is 0 Å². The maximum Gasteiger partial charge on any atom is 0.142 e. The number of hydrogen-bond acceptors (Lipinski definition) is 2. The Hall–Kier alpha value is -1.74. The molecule has 0 fully saturated rings. The third-order valence-electron chi connectivity index (χ3n) is 3.18. The topological polar surface area (TPSA) is 21.3 Å². The molecule has 0 radical (unpaired) electrons. The molecule has 21 heavy (non-hydrogen) atoms. The number of hydrogen-bond donors (Lipinski definition) is 1. The minimum absolute atomic E-state index is 0.231. The van der Waals surface area contributed by atoms with Crippen LogP contribution in [0.1, 0.15) is 24.5 Å². The van der Waals surface area contributed by atoms with Crippen LogP contribution >= 0.6 is 11.6 Å². The Morgan fingerprint density at radius 3 is 2.76 bits per heavy atom. The monoisotopic (exact) mass is 307 g/mol. The summed E-state index contributed by atoms with van der Waals surface area (Å²) in [5.41, 5.74) is 2.78. The van der Waals surface area contributed by atoms with Crippen LogP contribution in [0.15, 0.2) is 36.4 Å². The molecule has 0 aliphatic rings. The standard InChI is InChI=1S/C17H19ClFNO/c1-3-8-21-17-7-5-14(18)10-16(17)20-11-13-9-15(19)6-4-12(13)2/h4-7,9-10,20H,3,8,11H2,1-2H3. The van der Waals surface area contributed by atoms with Gasteiger partial charge in [-0.15, -0.1) is 0 Å². The van der Waals surface area contributed by atoms with E-state index in [9.17, 15) is 4.39 Å². The van der Waals surface area contributed by atoms with E-state index in [4.69, 9.17) is 16.3 Å². The van der Waals surface area contributed by atoms with E-state index in [1.54, 1.807) is 18.2 Å². The molecule has 0 heterocycles. The molecule has 0 saturated carbocycles. The van der Waals surface area contributed by atoms with E-state index >= 15 is 0 Å². The average Bonchev–Trinajstić information content (AvgIpc) is 2.47. The van der Waals surface area contributed by atoms with Gasteiger partial charge in [-0.25, -0.2) is 4.39 Å². The molecule has 0 aliphatic heterocycles. The maximum atomic E-state index is 13.3. The fourth-order valence-corrected chi connectivity index (χ4v) is 2.17. The summed E-state index contributed by atoms with van der Waals surface area (Å²) < 4.78 is 19.0. The largest absolute Gasteiger partial charge is 0.491 e. The van der Waals surface area contributed by atoms with Crippen LogP contribution in [-0.4, -0.2) is 6.61 Å². The molecule has 0 spiro atoms. The van der Waals surface area contributed by atoms with Gasteiger partial charge in [0.2, 0.25) is 0 Å². The first-order valence-corrected chi connectivity index (χ1v) is 7.39. The molecule has 2 aromatic rings. The fraction of sp³-hybridized carbons (Fsp3) is 0.294. The first-order chi connectivity index (χ1) is 10.1. The van der Waals surface area contributed by atoms with Crippen molar-refractivity contribution in [2.75, 3.05) is 11.9 Å². The highest BCUT2D eigenvalue weighted by atomic mass is 35.5. The molecular weight excluding hydrogens is 289 g/mol. The second kappa shape index (κ2) is 7.32. The van der Waals surface area contributed by atoms with Crippen LogP contribution in [-0.2, 0) is 6.54 Å². The summed E-state index contributed by atoms with van der Waals surface area (Å²) in [6, 6.07) is 10.2. The summed E-state index contributed by atoms with van der Waals surface area (Å²) >= 11 is 6.03. The van der Waals surface area contributed by atoms with E-state index in [0.717, 1.165) is 29.0 Å². The lowest BCUT2D eigenvalue weighted by Crippen LogP contribution is -2.05. The van der Waals surface area contributed by atoms with Crippen LogP contribution in [0.2, 0.25) is 5.02 Å². The molecule has 0 amide bonds. The Balaban J connectivity index is 2.14. The van der Waals surface area contributed by atoms with E-state index in [1.165, 1.54) is 6.07 Å². The highest BCUT2D eigenvalue weighted by Crippen LogP contribution is 2.29. The molecule has 0 aromatic heterocycles. The van der Waals surface area contributed by atoms with Crippen LogP contribution in [0.4, 0.5) is 10.1 Å². The van der Waals surface area contributed by atoms with Crippen LogP contribution < -0.4 is 10.1 Å². The molecule has 2 rings (SSSR count). The first-order valence-electron chi connectivity index (χ1n) is 7.01. The zero-order valence-corrected chi connectivity index (χ0v) is 13.0. The van der Waals surface area contributed by atoms with Gasteiger partial charge in [-0.1, -0.05) is 24.6 Å². The van der Waals surface area contributed by atoms with Gasteiger partial charge in [-0.05, 0) is 54.8 Å². The molecule has 0 atom stereocenters. The minimum atomic E-state index is -0.231. The zero-order valence-electron chi connectivity index (χ0n) is 12.2. The number of rotatable bonds is 6. The van der Waals surface area contributed by atoms with Crippen LogP contribution in [0, 0.1) is 12.7 Å². The summed E-state index contributed by atoms with van der Waals surface area (Å²) in [6.45, 7) is 5.18. The molecule has 2 nitrogen and oxygen atoms in total. The van der Waals surface area contributed by atoms with Crippen LogP contribution in [0.3, 0.4) is 0 Å². The predicted octanol–water partition coefficient (Wildman–Crippen LogP) is 5.19. The second-order valence-corrected chi connectivity index (χ2v) is 5.35. The van der Waals surface area contributed by atoms with Crippen LogP contribution in [0.5, 0.6) is 5.75 Å². The number of ether oxygens (including phenoxy) is 1. The fourth-order valence-electron chi connectivity index (χ4n) is 2.00. The lowest BCUT2D eigenvalue weighted by molar-refractivity contribution is 0.319. The summed E-state index contributed by atoms with van der Waals surface area (Å²) in [6.07, 6.45) is 0.936. The summed E-state index contributed by atoms with van der Waals surface area (Å²) in [5.74, 6) is 0.529. The Kier molecular flexibility index (Phi) is 5.45. The van der Waals surface area contributed by atoms with Crippen molar-refractivity contribution in [2.45, 2.75) is 26.8 Å². The normalized spacial score (nSPS) is 10.5. The Morgan fingerprint density at radius 1 is 1.19 bits per heavy atom. The van der Waals surface area contributed by atoms with Gasteiger partial charge in [0.05, 0.1) is 12.3 Å². The van der Waals surface area contributed by atoms with E-state index in [1.807, 2.05) is 19.1 Å². The highest BCUT2D eigenvalue weighted by molar-refractivity contribution is 6.30. The molecule has 0 unspecified atom stereocenters. The lowest BCUT2D eigenvalue weighted by atomic mass is 10.1. The summed E-state index contributed by atoms with van der Waals surface area (Å²) in [4.78, 5) is 0. The Labute approximate surface area is 129 Å². The number of halogens is 2. The number of nitrogens with one attached hydrogen (secondary N) is 1. The predicted molar refractivity (Wildman–Crippen MR) is 85.7 cm³/mol. The van der Waals surface area contributed by atoms with Crippen LogP contribution in [0.25, 0.3) is 0 Å². The van der Waals surface area contributed by atoms with Crippen molar-refractivity contribution in [3.05, 3.63) is 58.4 Å². The average molecular weight is 308 g/mol. The maximum absolute atomic E-state index is 13.3. The van der Waals surface area contributed by atoms with E-state index in [2.05, 4.69) is 12.2 Å². The van der Waals surface area contributed by atoms with E-state index < -0.39 is 0 Å². The van der Waals surface area contributed by atoms with Gasteiger partial charge in [-0.3, -0.25) is 0 Å². The van der Waals surface area contributed by atoms with Gasteiger partial charge in [0.25, 0.3) is 0 Å². The van der Waals surface area contributed by atoms with Gasteiger partial charge in [0.1, 0.15) is 11.6 Å². The molecular formula is C17H19ClFNO. The minimum Gasteiger partial charge on any atom is -0.491 e. The van der Waals surface area contributed by atoms with Crippen molar-refractivity contribution in [3.8, 4) is 5.75 Å². The molecule has 2 aromatic carbocycles. The van der Waals surface area contributed by atoms with Crippen molar-refractivity contribution >= 4 is 17.3 Å². The third-order valence-corrected chi connectivity index (χ3v) is 3.42. The summed E-state index contributed by atoms with van der Waals surface area (Å²) in [5, 5.41) is 3.91. The van der Waals surface area contributed by atoms with Crippen molar-refractivity contribution in [1.29, 1.82) is 0 Å². The van der Waals surface area contributed by atoms with Gasteiger partial charge in [-0.2, -0.15) is 0 Å². The summed E-state index contributed by atoms with van der Waals surface area (Å²) in [7, 11) is 0. The van der Waals surface area contributed by atoms with E-state index in [0.29, 0.717) is 18.2 Å². The van der Waals surface area contributed by atoms with Gasteiger partial charge >= 0.3 is 0 Å². The van der Waals surface area contributed by atoms with Crippen molar-refractivity contribution in [2.24, 2.45) is 0 Å². The van der Waals surface area contributed by atoms with Gasteiger partial charge < -0.3 is 10.1 Å². The second-order valence-electron chi connectivity index (χ2n) is 4.91. The number of anilines is 1. The number of aryl methyl sites for hydroxylation is 1.